The van der Waals surface area contributed by atoms with Crippen LogP contribution in [0.2, 0.25) is 0 Å². The third-order valence-electron chi connectivity index (χ3n) is 4.30. The van der Waals surface area contributed by atoms with E-state index in [0.29, 0.717) is 0 Å². The van der Waals surface area contributed by atoms with Gasteiger partial charge in [-0.2, -0.15) is 0 Å². The molecule has 0 unspecified atom stereocenters. The molecule has 120 valence electrons. The lowest BCUT2D eigenvalue weighted by Crippen LogP contribution is -2.44. The Balaban J connectivity index is 2.05. The third-order valence-corrected chi connectivity index (χ3v) is 4.30. The molecule has 0 atom stereocenters. The number of nitrogens with zero attached hydrogens (tertiary/aromatic N) is 1. The van der Waals surface area contributed by atoms with Gasteiger partial charge in [-0.3, -0.25) is 9.59 Å². The van der Waals surface area contributed by atoms with Gasteiger partial charge >= 0.3 is 0 Å². The highest BCUT2D eigenvalue weighted by atomic mass is 16.2. The lowest BCUT2D eigenvalue weighted by atomic mass is 9.95. The van der Waals surface area contributed by atoms with Crippen LogP contribution in [0, 0.1) is 13.8 Å². The molecule has 0 radical (unpaired) electrons. The molecule has 0 spiro atoms. The van der Waals surface area contributed by atoms with Crippen LogP contribution in [0.15, 0.2) is 18.2 Å². The van der Waals surface area contributed by atoms with Crippen molar-refractivity contribution in [3.05, 3.63) is 29.3 Å². The van der Waals surface area contributed by atoms with Crippen molar-refractivity contribution in [1.82, 2.24) is 5.32 Å². The van der Waals surface area contributed by atoms with Gasteiger partial charge in [0.05, 0.1) is 0 Å². The molecule has 1 aromatic carbocycles. The Morgan fingerprint density at radius 3 is 2.45 bits per heavy atom. The predicted molar refractivity (Wildman–Crippen MR) is 89.0 cm³/mol. The van der Waals surface area contributed by atoms with Crippen molar-refractivity contribution in [3.8, 4) is 0 Å². The van der Waals surface area contributed by atoms with Crippen molar-refractivity contribution in [3.63, 3.8) is 0 Å². The summed E-state index contributed by atoms with van der Waals surface area (Å²) in [5.41, 5.74) is 2.98. The standard InChI is InChI=1S/C18H26N2O2/c1-13-9-10-17(14(2)11-13)20(15(3)21)12-18(22)19-16-7-5-4-6-8-16/h9-11,16H,4-8,12H2,1-3H3,(H,19,22). The van der Waals surface area contributed by atoms with Gasteiger partial charge in [-0.05, 0) is 38.3 Å². The summed E-state index contributed by atoms with van der Waals surface area (Å²) < 4.78 is 0. The van der Waals surface area contributed by atoms with Crippen LogP contribution in [0.4, 0.5) is 5.69 Å². The molecule has 1 fully saturated rings. The number of aryl methyl sites for hydroxylation is 2. The van der Waals surface area contributed by atoms with E-state index in [9.17, 15) is 9.59 Å². The number of hydrogen-bond donors (Lipinski definition) is 1. The molecule has 0 aliphatic heterocycles. The topological polar surface area (TPSA) is 49.4 Å². The van der Waals surface area contributed by atoms with Crippen molar-refractivity contribution >= 4 is 17.5 Å². The lowest BCUT2D eigenvalue weighted by Gasteiger charge is -2.26. The Hall–Kier alpha value is -1.84. The minimum absolute atomic E-state index is 0.0675. The highest BCUT2D eigenvalue weighted by Gasteiger charge is 2.20. The fraction of sp³-hybridized carbons (Fsp3) is 0.556. The molecular weight excluding hydrogens is 276 g/mol. The number of amides is 2. The van der Waals surface area contributed by atoms with Crippen LogP contribution in [0.1, 0.15) is 50.2 Å². The molecule has 1 saturated carbocycles. The Morgan fingerprint density at radius 1 is 1.18 bits per heavy atom. The number of anilines is 1. The van der Waals surface area contributed by atoms with Crippen LogP contribution in [0.5, 0.6) is 0 Å². The Morgan fingerprint density at radius 2 is 1.86 bits per heavy atom. The van der Waals surface area contributed by atoms with Gasteiger partial charge in [-0.15, -0.1) is 0 Å². The first-order valence-corrected chi connectivity index (χ1v) is 8.12. The van der Waals surface area contributed by atoms with E-state index < -0.39 is 0 Å². The van der Waals surface area contributed by atoms with Crippen molar-refractivity contribution < 1.29 is 9.59 Å². The van der Waals surface area contributed by atoms with Crippen molar-refractivity contribution in [2.24, 2.45) is 0 Å². The van der Waals surface area contributed by atoms with E-state index in [1.807, 2.05) is 32.0 Å². The summed E-state index contributed by atoms with van der Waals surface area (Å²) in [5.74, 6) is -0.173. The van der Waals surface area contributed by atoms with Crippen molar-refractivity contribution in [1.29, 1.82) is 0 Å². The number of carbonyl (C=O) groups excluding carboxylic acids is 2. The van der Waals surface area contributed by atoms with Crippen LogP contribution < -0.4 is 10.2 Å². The van der Waals surface area contributed by atoms with E-state index >= 15 is 0 Å². The first-order chi connectivity index (χ1) is 10.5. The predicted octanol–water partition coefficient (Wildman–Crippen LogP) is 3.11. The van der Waals surface area contributed by atoms with Gasteiger partial charge in [0.2, 0.25) is 11.8 Å². The van der Waals surface area contributed by atoms with E-state index in [1.165, 1.54) is 26.2 Å². The second-order valence-corrected chi connectivity index (χ2v) is 6.30. The number of benzene rings is 1. The fourth-order valence-corrected chi connectivity index (χ4v) is 3.14. The average Bonchev–Trinajstić information content (AvgIpc) is 2.46. The van der Waals surface area contributed by atoms with E-state index in [4.69, 9.17) is 0 Å². The summed E-state index contributed by atoms with van der Waals surface area (Å²) in [6.45, 7) is 5.59. The molecule has 4 heteroatoms. The molecule has 0 bridgehead atoms. The van der Waals surface area contributed by atoms with Gasteiger partial charge in [-0.25, -0.2) is 0 Å². The summed E-state index contributed by atoms with van der Waals surface area (Å²) in [5, 5.41) is 3.07. The van der Waals surface area contributed by atoms with Crippen LogP contribution >= 0.6 is 0 Å². The molecule has 0 heterocycles. The maximum atomic E-state index is 12.3. The van der Waals surface area contributed by atoms with E-state index in [1.54, 1.807) is 4.90 Å². The zero-order chi connectivity index (χ0) is 16.1. The molecule has 2 rings (SSSR count). The second kappa shape index (κ2) is 7.43. The number of carbonyl (C=O) groups is 2. The summed E-state index contributed by atoms with van der Waals surface area (Å²) in [7, 11) is 0. The zero-order valence-electron chi connectivity index (χ0n) is 13.8. The summed E-state index contributed by atoms with van der Waals surface area (Å²) in [6.07, 6.45) is 5.72. The first-order valence-electron chi connectivity index (χ1n) is 8.12. The molecular formula is C18H26N2O2. The maximum Gasteiger partial charge on any atom is 0.240 e. The smallest absolute Gasteiger partial charge is 0.240 e. The second-order valence-electron chi connectivity index (χ2n) is 6.30. The van der Waals surface area contributed by atoms with E-state index in [2.05, 4.69) is 5.32 Å². The number of hydrogen-bond acceptors (Lipinski definition) is 2. The minimum atomic E-state index is -0.106. The van der Waals surface area contributed by atoms with Crippen LogP contribution in [0.3, 0.4) is 0 Å². The molecule has 0 aromatic heterocycles. The molecule has 1 aliphatic rings. The largest absolute Gasteiger partial charge is 0.352 e. The van der Waals surface area contributed by atoms with Gasteiger partial charge in [-0.1, -0.05) is 37.0 Å². The van der Waals surface area contributed by atoms with Gasteiger partial charge < -0.3 is 10.2 Å². The maximum absolute atomic E-state index is 12.3. The van der Waals surface area contributed by atoms with E-state index in [0.717, 1.165) is 29.7 Å². The van der Waals surface area contributed by atoms with Crippen LogP contribution in [0.25, 0.3) is 0 Å². The monoisotopic (exact) mass is 302 g/mol. The highest BCUT2D eigenvalue weighted by Crippen LogP contribution is 2.22. The zero-order valence-corrected chi connectivity index (χ0v) is 13.8. The van der Waals surface area contributed by atoms with Crippen LogP contribution in [-0.2, 0) is 9.59 Å². The highest BCUT2D eigenvalue weighted by molar-refractivity contribution is 5.98. The van der Waals surface area contributed by atoms with Crippen molar-refractivity contribution in [2.45, 2.75) is 58.9 Å². The Bertz CT molecular complexity index is 548. The Labute approximate surface area is 132 Å². The molecule has 1 aliphatic carbocycles. The Kier molecular flexibility index (Phi) is 5.58. The quantitative estimate of drug-likeness (QED) is 0.929. The molecule has 1 aromatic rings. The normalized spacial score (nSPS) is 15.4. The summed E-state index contributed by atoms with van der Waals surface area (Å²) in [4.78, 5) is 25.8. The molecule has 22 heavy (non-hydrogen) atoms. The van der Waals surface area contributed by atoms with Gasteiger partial charge in [0.15, 0.2) is 0 Å². The molecule has 2 amide bonds. The third kappa shape index (κ3) is 4.33. The van der Waals surface area contributed by atoms with Gasteiger partial charge in [0, 0.05) is 18.7 Å². The number of rotatable bonds is 4. The van der Waals surface area contributed by atoms with E-state index in [-0.39, 0.29) is 24.4 Å². The van der Waals surface area contributed by atoms with Crippen molar-refractivity contribution in [2.75, 3.05) is 11.4 Å². The summed E-state index contributed by atoms with van der Waals surface area (Å²) in [6, 6.07) is 6.19. The molecule has 4 nitrogen and oxygen atoms in total. The van der Waals surface area contributed by atoms with Gasteiger partial charge in [0.25, 0.3) is 0 Å². The van der Waals surface area contributed by atoms with Gasteiger partial charge in [0.1, 0.15) is 6.54 Å². The fourth-order valence-electron chi connectivity index (χ4n) is 3.14. The lowest BCUT2D eigenvalue weighted by molar-refractivity contribution is -0.123. The van der Waals surface area contributed by atoms with Crippen LogP contribution in [-0.4, -0.2) is 24.4 Å². The SMILES string of the molecule is CC(=O)N(CC(=O)NC1CCCCC1)c1ccc(C)cc1C. The number of nitrogens with one attached hydrogen (secondary N) is 1. The minimum Gasteiger partial charge on any atom is -0.352 e. The molecule has 1 N–H and O–H groups in total. The molecule has 0 saturated heterocycles. The first kappa shape index (κ1) is 16.5. The average molecular weight is 302 g/mol. The summed E-state index contributed by atoms with van der Waals surface area (Å²) >= 11 is 0.